The van der Waals surface area contributed by atoms with E-state index in [0.717, 1.165) is 29.5 Å². The van der Waals surface area contributed by atoms with E-state index in [9.17, 15) is 0 Å². The number of nitrogens with zero attached hydrogens (tertiary/aromatic N) is 4. The minimum absolute atomic E-state index is 0.236. The normalized spacial score (nSPS) is 11.1. The molecule has 0 amide bonds. The van der Waals surface area contributed by atoms with Crippen LogP contribution in [0.3, 0.4) is 0 Å². The monoisotopic (exact) mass is 260 g/mol. The third kappa shape index (κ3) is 2.44. The third-order valence-corrected chi connectivity index (χ3v) is 3.05. The number of nitrogens with one attached hydrogen (secondary N) is 1. The summed E-state index contributed by atoms with van der Waals surface area (Å²) in [5.41, 5.74) is 3.56. The Balaban J connectivity index is 2.65. The molecule has 0 fully saturated rings. The largest absolute Gasteiger partial charge is 0.308 e. The number of aromatic nitrogens is 4. The molecule has 0 aliphatic carbocycles. The van der Waals surface area contributed by atoms with Gasteiger partial charge in [0.05, 0.1) is 0 Å². The Labute approximate surface area is 113 Å². The molecule has 19 heavy (non-hydrogen) atoms. The highest BCUT2D eigenvalue weighted by molar-refractivity contribution is 5.51. The number of anilines is 1. The number of nitrogen functional groups attached to an aromatic ring is 1. The van der Waals surface area contributed by atoms with Gasteiger partial charge in [-0.15, -0.1) is 0 Å². The minimum atomic E-state index is 0.236. The second-order valence-corrected chi connectivity index (χ2v) is 4.75. The molecule has 6 nitrogen and oxygen atoms in total. The van der Waals surface area contributed by atoms with Crippen molar-refractivity contribution in [2.75, 3.05) is 5.43 Å². The average Bonchev–Trinajstić information content (AvgIpc) is 2.86. The molecule has 0 bridgehead atoms. The number of hydrogen-bond donors (Lipinski definition) is 2. The van der Waals surface area contributed by atoms with Crippen molar-refractivity contribution in [2.45, 2.75) is 40.0 Å². The van der Waals surface area contributed by atoms with E-state index in [1.54, 1.807) is 6.20 Å². The van der Waals surface area contributed by atoms with E-state index in [-0.39, 0.29) is 5.92 Å². The molecule has 102 valence electrons. The maximum absolute atomic E-state index is 5.55. The van der Waals surface area contributed by atoms with Crippen molar-refractivity contribution in [2.24, 2.45) is 5.84 Å². The van der Waals surface area contributed by atoms with Gasteiger partial charge in [-0.2, -0.15) is 0 Å². The fourth-order valence-electron chi connectivity index (χ4n) is 1.94. The van der Waals surface area contributed by atoms with Gasteiger partial charge < -0.3 is 5.43 Å². The molecule has 0 aromatic carbocycles. The standard InChI is InChI=1S/C13H20N6/c1-5-10-15-6-7-19(10)13-9(4)12(18-14)16-11(17-13)8(2)3/h6-8H,5,14H2,1-4H3,(H,16,17,18). The Bertz CT molecular complexity index is 573. The van der Waals surface area contributed by atoms with Crippen molar-refractivity contribution in [3.63, 3.8) is 0 Å². The molecule has 2 aromatic rings. The zero-order valence-corrected chi connectivity index (χ0v) is 11.8. The van der Waals surface area contributed by atoms with Gasteiger partial charge >= 0.3 is 0 Å². The van der Waals surface area contributed by atoms with Crippen molar-refractivity contribution < 1.29 is 0 Å². The van der Waals surface area contributed by atoms with Gasteiger partial charge in [0.15, 0.2) is 0 Å². The smallest absolute Gasteiger partial charge is 0.148 e. The number of rotatable bonds is 4. The molecule has 6 heteroatoms. The molecular weight excluding hydrogens is 240 g/mol. The van der Waals surface area contributed by atoms with Crippen LogP contribution >= 0.6 is 0 Å². The zero-order chi connectivity index (χ0) is 14.0. The lowest BCUT2D eigenvalue weighted by Gasteiger charge is -2.15. The van der Waals surface area contributed by atoms with E-state index in [1.807, 2.05) is 17.7 Å². The number of hydrogen-bond acceptors (Lipinski definition) is 5. The van der Waals surface area contributed by atoms with E-state index in [0.29, 0.717) is 5.82 Å². The van der Waals surface area contributed by atoms with E-state index < -0.39 is 0 Å². The number of imidazole rings is 1. The molecule has 0 radical (unpaired) electrons. The van der Waals surface area contributed by atoms with Gasteiger partial charge in [0, 0.05) is 30.3 Å². The molecule has 0 atom stereocenters. The highest BCUT2D eigenvalue weighted by Gasteiger charge is 2.15. The van der Waals surface area contributed by atoms with Crippen molar-refractivity contribution in [1.29, 1.82) is 0 Å². The molecule has 0 spiro atoms. The Kier molecular flexibility index (Phi) is 3.80. The van der Waals surface area contributed by atoms with Crippen LogP contribution in [0.2, 0.25) is 0 Å². The summed E-state index contributed by atoms with van der Waals surface area (Å²) in [5.74, 6) is 9.01. The predicted molar refractivity (Wildman–Crippen MR) is 75.2 cm³/mol. The molecule has 0 aliphatic rings. The first-order valence-corrected chi connectivity index (χ1v) is 6.46. The molecule has 0 unspecified atom stereocenters. The number of nitrogens with two attached hydrogens (primary N) is 1. The summed E-state index contributed by atoms with van der Waals surface area (Å²) in [6.45, 7) is 8.14. The fourth-order valence-corrected chi connectivity index (χ4v) is 1.94. The molecule has 2 rings (SSSR count). The Morgan fingerprint density at radius 3 is 2.68 bits per heavy atom. The van der Waals surface area contributed by atoms with Crippen molar-refractivity contribution >= 4 is 5.82 Å². The van der Waals surface area contributed by atoms with Crippen LogP contribution in [0.4, 0.5) is 5.82 Å². The van der Waals surface area contributed by atoms with Crippen molar-refractivity contribution in [3.05, 3.63) is 29.6 Å². The summed E-state index contributed by atoms with van der Waals surface area (Å²) in [6.07, 6.45) is 4.54. The first-order valence-electron chi connectivity index (χ1n) is 6.46. The Morgan fingerprint density at radius 1 is 1.37 bits per heavy atom. The van der Waals surface area contributed by atoms with Gasteiger partial charge in [0.2, 0.25) is 0 Å². The Hall–Kier alpha value is -1.95. The quantitative estimate of drug-likeness (QED) is 0.648. The van der Waals surface area contributed by atoms with Gasteiger partial charge in [-0.1, -0.05) is 20.8 Å². The lowest BCUT2D eigenvalue weighted by molar-refractivity contribution is 0.750. The molecule has 2 heterocycles. The molecular formula is C13H20N6. The van der Waals surface area contributed by atoms with E-state index in [4.69, 9.17) is 5.84 Å². The summed E-state index contributed by atoms with van der Waals surface area (Å²) in [5, 5.41) is 0. The maximum Gasteiger partial charge on any atom is 0.148 e. The summed E-state index contributed by atoms with van der Waals surface area (Å²) in [7, 11) is 0. The summed E-state index contributed by atoms with van der Waals surface area (Å²) < 4.78 is 1.99. The van der Waals surface area contributed by atoms with Gasteiger partial charge in [-0.3, -0.25) is 4.57 Å². The average molecular weight is 260 g/mol. The second kappa shape index (κ2) is 5.36. The summed E-state index contributed by atoms with van der Waals surface area (Å²) in [4.78, 5) is 13.4. The predicted octanol–water partition coefficient (Wildman–Crippen LogP) is 1.94. The topological polar surface area (TPSA) is 81.7 Å². The van der Waals surface area contributed by atoms with E-state index in [1.165, 1.54) is 0 Å². The highest BCUT2D eigenvalue weighted by atomic mass is 15.3. The lowest BCUT2D eigenvalue weighted by Crippen LogP contribution is -2.16. The first-order chi connectivity index (χ1) is 9.08. The molecule has 3 N–H and O–H groups in total. The third-order valence-electron chi connectivity index (χ3n) is 3.05. The van der Waals surface area contributed by atoms with Crippen LogP contribution in [0.5, 0.6) is 0 Å². The lowest BCUT2D eigenvalue weighted by atomic mass is 10.2. The van der Waals surface area contributed by atoms with Gasteiger partial charge in [-0.25, -0.2) is 20.8 Å². The van der Waals surface area contributed by atoms with E-state index >= 15 is 0 Å². The van der Waals surface area contributed by atoms with Crippen LogP contribution in [-0.2, 0) is 6.42 Å². The molecule has 2 aromatic heterocycles. The fraction of sp³-hybridized carbons (Fsp3) is 0.462. The van der Waals surface area contributed by atoms with Crippen LogP contribution in [0.1, 0.15) is 43.9 Å². The SMILES string of the molecule is CCc1nccn1-c1nc(C(C)C)nc(NN)c1C. The van der Waals surface area contributed by atoms with Gasteiger partial charge in [0.1, 0.15) is 23.3 Å². The molecule has 0 aliphatic heterocycles. The van der Waals surface area contributed by atoms with Gasteiger partial charge in [-0.05, 0) is 6.92 Å². The summed E-state index contributed by atoms with van der Waals surface area (Å²) >= 11 is 0. The second-order valence-electron chi connectivity index (χ2n) is 4.75. The van der Waals surface area contributed by atoms with Crippen LogP contribution in [0, 0.1) is 6.92 Å². The van der Waals surface area contributed by atoms with Crippen LogP contribution < -0.4 is 11.3 Å². The van der Waals surface area contributed by atoms with Crippen molar-refractivity contribution in [1.82, 2.24) is 19.5 Å². The maximum atomic E-state index is 5.55. The van der Waals surface area contributed by atoms with E-state index in [2.05, 4.69) is 41.1 Å². The molecule has 0 saturated heterocycles. The number of hydrazine groups is 1. The van der Waals surface area contributed by atoms with Gasteiger partial charge in [0.25, 0.3) is 0 Å². The van der Waals surface area contributed by atoms with Crippen LogP contribution in [0.15, 0.2) is 12.4 Å². The minimum Gasteiger partial charge on any atom is -0.308 e. The number of aryl methyl sites for hydroxylation is 1. The first kappa shape index (κ1) is 13.5. The zero-order valence-electron chi connectivity index (χ0n) is 11.8. The van der Waals surface area contributed by atoms with Crippen LogP contribution in [-0.4, -0.2) is 19.5 Å². The Morgan fingerprint density at radius 2 is 2.11 bits per heavy atom. The van der Waals surface area contributed by atoms with Crippen molar-refractivity contribution in [3.8, 4) is 5.82 Å². The molecule has 0 saturated carbocycles. The summed E-state index contributed by atoms with van der Waals surface area (Å²) in [6, 6.07) is 0. The highest BCUT2D eigenvalue weighted by Crippen LogP contribution is 2.22. The van der Waals surface area contributed by atoms with Crippen LogP contribution in [0.25, 0.3) is 5.82 Å².